The molecule has 1 aliphatic carbocycles. The Morgan fingerprint density at radius 1 is 0.958 bits per heavy atom. The number of hydrogen-bond donors (Lipinski definition) is 1. The number of amides is 1. The van der Waals surface area contributed by atoms with E-state index in [-0.39, 0.29) is 5.91 Å². The molecule has 0 aliphatic heterocycles. The first-order valence-electron chi connectivity index (χ1n) is 8.92. The van der Waals surface area contributed by atoms with Crippen LogP contribution in [-0.2, 0) is 13.0 Å². The lowest BCUT2D eigenvalue weighted by atomic mass is 10.1. The van der Waals surface area contributed by atoms with E-state index in [1.165, 1.54) is 18.4 Å². The van der Waals surface area contributed by atoms with E-state index < -0.39 is 0 Å². The molecule has 3 heteroatoms. The molecule has 0 spiro atoms. The van der Waals surface area contributed by atoms with Crippen LogP contribution in [0.5, 0.6) is 0 Å². The monoisotopic (exact) mass is 322 g/mol. The molecule has 1 saturated carbocycles. The van der Waals surface area contributed by atoms with Crippen molar-refractivity contribution in [2.24, 2.45) is 5.73 Å². The molecule has 1 aliphatic rings. The minimum Gasteiger partial charge on any atom is -0.335 e. The van der Waals surface area contributed by atoms with Crippen LogP contribution in [0.1, 0.15) is 47.2 Å². The van der Waals surface area contributed by atoms with Gasteiger partial charge in [0.15, 0.2) is 0 Å². The summed E-state index contributed by atoms with van der Waals surface area (Å²) >= 11 is 0. The van der Waals surface area contributed by atoms with Crippen molar-refractivity contribution in [2.45, 2.75) is 44.7 Å². The number of carbonyl (C=O) groups is 1. The molecule has 1 fully saturated rings. The van der Waals surface area contributed by atoms with Crippen molar-refractivity contribution in [3.8, 4) is 0 Å². The fraction of sp³-hybridized carbons (Fsp3) is 0.381. The van der Waals surface area contributed by atoms with Crippen molar-refractivity contribution >= 4 is 5.91 Å². The summed E-state index contributed by atoms with van der Waals surface area (Å²) in [6.45, 7) is 1.29. The summed E-state index contributed by atoms with van der Waals surface area (Å²) in [6.07, 6.45) is 5.62. The minimum atomic E-state index is 0.154. The van der Waals surface area contributed by atoms with Gasteiger partial charge in [-0.3, -0.25) is 4.79 Å². The quantitative estimate of drug-likeness (QED) is 0.880. The van der Waals surface area contributed by atoms with E-state index in [1.54, 1.807) is 0 Å². The van der Waals surface area contributed by atoms with Crippen LogP contribution in [0.4, 0.5) is 0 Å². The summed E-state index contributed by atoms with van der Waals surface area (Å²) in [6, 6.07) is 18.5. The molecule has 0 radical (unpaired) electrons. The lowest BCUT2D eigenvalue weighted by Crippen LogP contribution is -2.40. The molecular formula is C21H26N2O. The van der Waals surface area contributed by atoms with Gasteiger partial charge in [-0.05, 0) is 42.5 Å². The molecule has 0 unspecified atom stereocenters. The Morgan fingerprint density at radius 2 is 1.62 bits per heavy atom. The SMILES string of the molecule is NCc1ccc(C(=O)N(CCc2ccccc2)C2CCCC2)cc1. The maximum atomic E-state index is 13.0. The van der Waals surface area contributed by atoms with E-state index in [2.05, 4.69) is 29.2 Å². The Hall–Kier alpha value is -2.13. The van der Waals surface area contributed by atoms with E-state index in [4.69, 9.17) is 5.73 Å². The summed E-state index contributed by atoms with van der Waals surface area (Å²) in [4.78, 5) is 15.1. The molecule has 0 aromatic heterocycles. The first kappa shape index (κ1) is 16.7. The molecule has 2 aromatic carbocycles. The highest BCUT2D eigenvalue weighted by Crippen LogP contribution is 2.25. The standard InChI is InChI=1S/C21H26N2O/c22-16-18-10-12-19(13-11-18)21(24)23(20-8-4-5-9-20)15-14-17-6-2-1-3-7-17/h1-3,6-7,10-13,20H,4-5,8-9,14-16,22H2. The van der Waals surface area contributed by atoms with Crippen LogP contribution in [0.15, 0.2) is 54.6 Å². The van der Waals surface area contributed by atoms with Gasteiger partial charge >= 0.3 is 0 Å². The normalized spacial score (nSPS) is 14.7. The van der Waals surface area contributed by atoms with Gasteiger partial charge < -0.3 is 10.6 Å². The van der Waals surface area contributed by atoms with Gasteiger partial charge in [-0.15, -0.1) is 0 Å². The number of benzene rings is 2. The molecule has 2 aromatic rings. The van der Waals surface area contributed by atoms with Crippen LogP contribution >= 0.6 is 0 Å². The smallest absolute Gasteiger partial charge is 0.254 e. The largest absolute Gasteiger partial charge is 0.335 e. The van der Waals surface area contributed by atoms with Crippen LogP contribution < -0.4 is 5.73 Å². The van der Waals surface area contributed by atoms with Gasteiger partial charge in [0.2, 0.25) is 0 Å². The average molecular weight is 322 g/mol. The second-order valence-electron chi connectivity index (χ2n) is 6.57. The summed E-state index contributed by atoms with van der Waals surface area (Å²) in [7, 11) is 0. The van der Waals surface area contributed by atoms with Crippen molar-refractivity contribution in [2.75, 3.05) is 6.54 Å². The molecule has 0 heterocycles. The molecule has 0 atom stereocenters. The van der Waals surface area contributed by atoms with E-state index in [0.29, 0.717) is 12.6 Å². The molecule has 0 bridgehead atoms. The number of nitrogens with two attached hydrogens (primary N) is 1. The highest BCUT2D eigenvalue weighted by molar-refractivity contribution is 5.94. The molecule has 3 rings (SSSR count). The van der Waals surface area contributed by atoms with Crippen LogP contribution in [0.2, 0.25) is 0 Å². The Labute approximate surface area is 144 Å². The molecule has 1 amide bonds. The van der Waals surface area contributed by atoms with Gasteiger partial charge in [-0.2, -0.15) is 0 Å². The zero-order valence-electron chi connectivity index (χ0n) is 14.2. The van der Waals surface area contributed by atoms with Gasteiger partial charge in [0.25, 0.3) is 5.91 Å². The van der Waals surface area contributed by atoms with Crippen LogP contribution in [0.25, 0.3) is 0 Å². The van der Waals surface area contributed by atoms with Crippen molar-refractivity contribution in [3.63, 3.8) is 0 Å². The van der Waals surface area contributed by atoms with Crippen molar-refractivity contribution in [3.05, 3.63) is 71.3 Å². The van der Waals surface area contributed by atoms with Crippen LogP contribution in [0, 0.1) is 0 Å². The highest BCUT2D eigenvalue weighted by Gasteiger charge is 2.27. The molecular weight excluding hydrogens is 296 g/mol. The van der Waals surface area contributed by atoms with Crippen LogP contribution in [-0.4, -0.2) is 23.4 Å². The molecule has 2 N–H and O–H groups in total. The number of nitrogens with zero attached hydrogens (tertiary/aromatic N) is 1. The molecule has 0 saturated heterocycles. The summed E-state index contributed by atoms with van der Waals surface area (Å²) in [5, 5.41) is 0. The summed E-state index contributed by atoms with van der Waals surface area (Å²) in [5.41, 5.74) is 8.77. The summed E-state index contributed by atoms with van der Waals surface area (Å²) < 4.78 is 0. The maximum absolute atomic E-state index is 13.0. The van der Waals surface area contributed by atoms with Gasteiger partial charge in [-0.1, -0.05) is 55.3 Å². The van der Waals surface area contributed by atoms with E-state index >= 15 is 0 Å². The molecule has 3 nitrogen and oxygen atoms in total. The number of rotatable bonds is 6. The fourth-order valence-corrected chi connectivity index (χ4v) is 3.51. The maximum Gasteiger partial charge on any atom is 0.254 e. The van der Waals surface area contributed by atoms with Crippen molar-refractivity contribution < 1.29 is 4.79 Å². The Morgan fingerprint density at radius 3 is 2.25 bits per heavy atom. The first-order valence-corrected chi connectivity index (χ1v) is 8.92. The predicted octanol–water partition coefficient (Wildman–Crippen LogP) is 3.77. The zero-order valence-corrected chi connectivity index (χ0v) is 14.2. The fourth-order valence-electron chi connectivity index (χ4n) is 3.51. The third kappa shape index (κ3) is 4.04. The Balaban J connectivity index is 1.74. The third-order valence-corrected chi connectivity index (χ3v) is 4.95. The first-order chi connectivity index (χ1) is 11.8. The van der Waals surface area contributed by atoms with E-state index in [1.807, 2.05) is 30.3 Å². The zero-order chi connectivity index (χ0) is 16.8. The van der Waals surface area contributed by atoms with Crippen LogP contribution in [0.3, 0.4) is 0 Å². The minimum absolute atomic E-state index is 0.154. The number of carbonyl (C=O) groups excluding carboxylic acids is 1. The highest BCUT2D eigenvalue weighted by atomic mass is 16.2. The molecule has 126 valence electrons. The Bertz CT molecular complexity index is 645. The average Bonchev–Trinajstić information content (AvgIpc) is 3.17. The van der Waals surface area contributed by atoms with E-state index in [0.717, 1.165) is 36.9 Å². The Kier molecular flexibility index (Phi) is 5.65. The van der Waals surface area contributed by atoms with Gasteiger partial charge in [0.1, 0.15) is 0 Å². The predicted molar refractivity (Wildman–Crippen MR) is 97.8 cm³/mol. The van der Waals surface area contributed by atoms with Gasteiger partial charge in [0.05, 0.1) is 0 Å². The third-order valence-electron chi connectivity index (χ3n) is 4.95. The van der Waals surface area contributed by atoms with Gasteiger partial charge in [0, 0.05) is 24.7 Å². The summed E-state index contributed by atoms with van der Waals surface area (Å²) in [5.74, 6) is 0.154. The number of hydrogen-bond acceptors (Lipinski definition) is 2. The molecule has 24 heavy (non-hydrogen) atoms. The van der Waals surface area contributed by atoms with Crippen molar-refractivity contribution in [1.29, 1.82) is 0 Å². The second kappa shape index (κ2) is 8.11. The topological polar surface area (TPSA) is 46.3 Å². The van der Waals surface area contributed by atoms with Crippen molar-refractivity contribution in [1.82, 2.24) is 4.90 Å². The second-order valence-corrected chi connectivity index (χ2v) is 6.57. The van der Waals surface area contributed by atoms with Gasteiger partial charge in [-0.25, -0.2) is 0 Å². The lowest BCUT2D eigenvalue weighted by Gasteiger charge is -2.29. The lowest BCUT2D eigenvalue weighted by molar-refractivity contribution is 0.0684. The van der Waals surface area contributed by atoms with E-state index in [9.17, 15) is 4.79 Å².